The molecule has 0 heterocycles. The summed E-state index contributed by atoms with van der Waals surface area (Å²) in [6.45, 7) is 0.372. The molecule has 0 saturated carbocycles. The molecule has 0 fully saturated rings. The molecule has 0 spiro atoms. The molecule has 0 aromatic rings. The van der Waals surface area contributed by atoms with Crippen molar-refractivity contribution in [1.82, 2.24) is 0 Å². The number of aliphatic hydroxyl groups excluding tert-OH is 1. The molecule has 0 radical (unpaired) electrons. The van der Waals surface area contributed by atoms with Gasteiger partial charge in [0.25, 0.3) is 0 Å². The van der Waals surface area contributed by atoms with E-state index in [0.717, 1.165) is 0 Å². The molecular weight excluding hydrogens is 304 g/mol. The maximum Gasteiger partial charge on any atom is 0.492 e. The standard InChI is InChI=1S/C10H26O8Si2/c11-10(5-2-1-3-7-19(12,13)14)9-18-6-4-8-20(15,16)17/h10-17H,1-9H2. The first-order chi connectivity index (χ1) is 9.10. The van der Waals surface area contributed by atoms with Gasteiger partial charge in [0.05, 0.1) is 12.7 Å². The summed E-state index contributed by atoms with van der Waals surface area (Å²) < 4.78 is 5.13. The largest absolute Gasteiger partial charge is 0.492 e. The Kier molecular flexibility index (Phi) is 10.0. The lowest BCUT2D eigenvalue weighted by atomic mass is 10.1. The highest BCUT2D eigenvalue weighted by Crippen LogP contribution is 2.10. The van der Waals surface area contributed by atoms with Gasteiger partial charge in [-0.1, -0.05) is 12.8 Å². The van der Waals surface area contributed by atoms with Gasteiger partial charge in [-0.3, -0.25) is 0 Å². The summed E-state index contributed by atoms with van der Waals surface area (Å²) in [6, 6.07) is -0.0765. The highest BCUT2D eigenvalue weighted by molar-refractivity contribution is 6.56. The average molecular weight is 330 g/mol. The minimum Gasteiger partial charge on any atom is -0.391 e. The summed E-state index contributed by atoms with van der Waals surface area (Å²) in [5.41, 5.74) is 0. The molecule has 0 aromatic carbocycles. The van der Waals surface area contributed by atoms with Crippen LogP contribution < -0.4 is 0 Å². The van der Waals surface area contributed by atoms with Crippen molar-refractivity contribution in [3.8, 4) is 0 Å². The minimum atomic E-state index is -3.98. The number of unbranched alkanes of at least 4 members (excludes halogenated alkanes) is 2. The lowest BCUT2D eigenvalue weighted by Crippen LogP contribution is -2.34. The van der Waals surface area contributed by atoms with Gasteiger partial charge in [0.2, 0.25) is 0 Å². The second-order valence-electron chi connectivity index (χ2n) is 4.98. The Balaban J connectivity index is 3.35. The molecule has 20 heavy (non-hydrogen) atoms. The van der Waals surface area contributed by atoms with Gasteiger partial charge in [-0.05, 0) is 19.3 Å². The van der Waals surface area contributed by atoms with E-state index in [1.807, 2.05) is 0 Å². The van der Waals surface area contributed by atoms with E-state index in [-0.39, 0.29) is 25.3 Å². The summed E-state index contributed by atoms with van der Waals surface area (Å²) in [4.78, 5) is 52.6. The Morgan fingerprint density at radius 1 is 0.750 bits per heavy atom. The highest BCUT2D eigenvalue weighted by atomic mass is 28.4. The van der Waals surface area contributed by atoms with Gasteiger partial charge in [0, 0.05) is 18.7 Å². The summed E-state index contributed by atoms with van der Waals surface area (Å²) in [5, 5.41) is 9.56. The third-order valence-corrected chi connectivity index (χ3v) is 4.71. The average Bonchev–Trinajstić information content (AvgIpc) is 2.25. The van der Waals surface area contributed by atoms with E-state index in [9.17, 15) is 5.11 Å². The van der Waals surface area contributed by atoms with E-state index in [4.69, 9.17) is 33.5 Å². The van der Waals surface area contributed by atoms with Gasteiger partial charge in [0.1, 0.15) is 0 Å². The Bertz CT molecular complexity index is 216. The van der Waals surface area contributed by atoms with Crippen molar-refractivity contribution < 1.29 is 38.6 Å². The molecule has 0 aliphatic rings. The minimum absolute atomic E-state index is 0.00864. The fraction of sp³-hybridized carbons (Fsp3) is 1.00. The molecule has 0 aliphatic carbocycles. The topological polar surface area (TPSA) is 151 Å². The van der Waals surface area contributed by atoms with Gasteiger partial charge in [-0.2, -0.15) is 0 Å². The zero-order valence-electron chi connectivity index (χ0n) is 11.5. The third-order valence-electron chi connectivity index (χ3n) is 2.66. The van der Waals surface area contributed by atoms with Crippen molar-refractivity contribution >= 4 is 17.6 Å². The molecular formula is C10H26O8Si2. The van der Waals surface area contributed by atoms with E-state index in [1.165, 1.54) is 0 Å². The molecule has 0 bridgehead atoms. The van der Waals surface area contributed by atoms with E-state index in [0.29, 0.717) is 32.1 Å². The molecule has 1 atom stereocenters. The fourth-order valence-electron chi connectivity index (χ4n) is 1.63. The molecule has 1 unspecified atom stereocenters. The van der Waals surface area contributed by atoms with Gasteiger partial charge in [-0.25, -0.2) is 0 Å². The van der Waals surface area contributed by atoms with Crippen LogP contribution in [0.5, 0.6) is 0 Å². The Labute approximate surface area is 120 Å². The van der Waals surface area contributed by atoms with Gasteiger partial charge < -0.3 is 38.6 Å². The van der Waals surface area contributed by atoms with Crippen LogP contribution >= 0.6 is 0 Å². The van der Waals surface area contributed by atoms with Crippen molar-refractivity contribution in [2.45, 2.75) is 50.3 Å². The maximum absolute atomic E-state index is 9.56. The third kappa shape index (κ3) is 16.2. The van der Waals surface area contributed by atoms with E-state index >= 15 is 0 Å². The van der Waals surface area contributed by atoms with Crippen LogP contribution in [0, 0.1) is 0 Å². The predicted molar refractivity (Wildman–Crippen MR) is 74.3 cm³/mol. The first-order valence-electron chi connectivity index (χ1n) is 6.70. The van der Waals surface area contributed by atoms with Crippen molar-refractivity contribution in [3.63, 3.8) is 0 Å². The Hall–Kier alpha value is 0.114. The van der Waals surface area contributed by atoms with Crippen LogP contribution in [0.25, 0.3) is 0 Å². The molecule has 10 heteroatoms. The monoisotopic (exact) mass is 330 g/mol. The first kappa shape index (κ1) is 20.1. The predicted octanol–water partition coefficient (Wildman–Crippen LogP) is -1.85. The first-order valence-corrected chi connectivity index (χ1v) is 10.8. The number of rotatable bonds is 12. The second-order valence-corrected chi connectivity index (χ2v) is 9.08. The normalized spacial score (nSPS) is 14.6. The zero-order chi connectivity index (χ0) is 15.6. The number of hydrogen-bond donors (Lipinski definition) is 7. The molecule has 8 nitrogen and oxygen atoms in total. The van der Waals surface area contributed by atoms with Gasteiger partial charge >= 0.3 is 17.6 Å². The molecule has 0 rings (SSSR count). The SMILES string of the molecule is OC(CCCCC[Si](O)(O)O)COCCC[Si](O)(O)O. The van der Waals surface area contributed by atoms with Crippen molar-refractivity contribution in [2.24, 2.45) is 0 Å². The molecule has 0 saturated heterocycles. The van der Waals surface area contributed by atoms with Crippen LogP contribution in [-0.4, -0.2) is 70.8 Å². The van der Waals surface area contributed by atoms with Crippen LogP contribution in [0.4, 0.5) is 0 Å². The molecule has 7 N–H and O–H groups in total. The van der Waals surface area contributed by atoms with Crippen LogP contribution in [0.1, 0.15) is 32.1 Å². The van der Waals surface area contributed by atoms with Crippen LogP contribution in [0.3, 0.4) is 0 Å². The lowest BCUT2D eigenvalue weighted by molar-refractivity contribution is 0.0306. The number of aliphatic hydroxyl groups is 1. The summed E-state index contributed by atoms with van der Waals surface area (Å²) in [6.07, 6.45) is 2.07. The number of ether oxygens (including phenoxy) is 1. The summed E-state index contributed by atoms with van der Waals surface area (Å²) >= 11 is 0. The van der Waals surface area contributed by atoms with Gasteiger partial charge in [0.15, 0.2) is 0 Å². The molecule has 122 valence electrons. The summed E-state index contributed by atoms with van der Waals surface area (Å²) in [7, 11) is -7.91. The van der Waals surface area contributed by atoms with E-state index in [1.54, 1.807) is 0 Å². The van der Waals surface area contributed by atoms with Crippen LogP contribution in [-0.2, 0) is 4.74 Å². The quantitative estimate of drug-likeness (QED) is 0.163. The van der Waals surface area contributed by atoms with Crippen molar-refractivity contribution in [3.05, 3.63) is 0 Å². The molecule has 0 aliphatic heterocycles. The van der Waals surface area contributed by atoms with E-state index in [2.05, 4.69) is 0 Å². The summed E-state index contributed by atoms with van der Waals surface area (Å²) in [5.74, 6) is 0. The van der Waals surface area contributed by atoms with Crippen LogP contribution in [0.2, 0.25) is 12.1 Å². The number of hydrogen-bond acceptors (Lipinski definition) is 8. The maximum atomic E-state index is 9.56. The van der Waals surface area contributed by atoms with E-state index < -0.39 is 23.7 Å². The highest BCUT2D eigenvalue weighted by Gasteiger charge is 2.26. The Morgan fingerprint density at radius 2 is 1.30 bits per heavy atom. The van der Waals surface area contributed by atoms with Crippen molar-refractivity contribution in [2.75, 3.05) is 13.2 Å². The fourth-order valence-corrected chi connectivity index (χ4v) is 2.98. The smallest absolute Gasteiger partial charge is 0.391 e. The molecule has 0 aromatic heterocycles. The Morgan fingerprint density at radius 3 is 1.85 bits per heavy atom. The van der Waals surface area contributed by atoms with Crippen molar-refractivity contribution in [1.29, 1.82) is 0 Å². The molecule has 0 amide bonds. The van der Waals surface area contributed by atoms with Gasteiger partial charge in [-0.15, -0.1) is 0 Å². The zero-order valence-corrected chi connectivity index (χ0v) is 13.5. The second kappa shape index (κ2) is 9.94. The lowest BCUT2D eigenvalue weighted by Gasteiger charge is -2.13. The van der Waals surface area contributed by atoms with Crippen LogP contribution in [0.15, 0.2) is 0 Å².